The van der Waals surface area contributed by atoms with Gasteiger partial charge in [0.1, 0.15) is 0 Å². The van der Waals surface area contributed by atoms with E-state index in [1.807, 2.05) is 0 Å². The van der Waals surface area contributed by atoms with Gasteiger partial charge in [-0.2, -0.15) is 0 Å². The summed E-state index contributed by atoms with van der Waals surface area (Å²) in [6.07, 6.45) is 17.0. The van der Waals surface area contributed by atoms with Gasteiger partial charge < -0.3 is 0 Å². The van der Waals surface area contributed by atoms with Gasteiger partial charge in [0.15, 0.2) is 0 Å². The van der Waals surface area contributed by atoms with Crippen LogP contribution in [0.25, 0.3) is 0 Å². The van der Waals surface area contributed by atoms with Crippen molar-refractivity contribution < 1.29 is 0 Å². The highest BCUT2D eigenvalue weighted by atomic mass is 127. The predicted molar refractivity (Wildman–Crippen MR) is 157 cm³/mol. The summed E-state index contributed by atoms with van der Waals surface area (Å²) >= 11 is 2.53. The number of benzene rings is 3. The molecule has 0 aliphatic carbocycles. The molecule has 176 valence electrons. The first-order valence-corrected chi connectivity index (χ1v) is 17.1. The Hall–Kier alpha value is -1.18. The minimum Gasteiger partial charge on any atom is -0.0622 e. The first-order valence-electron chi connectivity index (χ1n) is 12.7. The summed E-state index contributed by atoms with van der Waals surface area (Å²) in [5.41, 5.74) is 4.67. The second-order valence-electron chi connectivity index (χ2n) is 9.60. The molecule has 0 aliphatic heterocycles. The van der Waals surface area contributed by atoms with E-state index >= 15 is 0 Å². The molecule has 0 amide bonds. The fourth-order valence-corrected chi connectivity index (χ4v) is 6.64. The summed E-state index contributed by atoms with van der Waals surface area (Å²) in [4.78, 5) is 0. The second kappa shape index (κ2) is 15.7. The average molecular weight is 571 g/mol. The van der Waals surface area contributed by atoms with E-state index in [9.17, 15) is 0 Å². The lowest BCUT2D eigenvalue weighted by atomic mass is 9.69. The van der Waals surface area contributed by atoms with E-state index < -0.39 is 0 Å². The van der Waals surface area contributed by atoms with Crippen molar-refractivity contribution in [2.75, 3.05) is 6.16 Å². The van der Waals surface area contributed by atoms with Gasteiger partial charge in [-0.15, -0.1) is 0 Å². The van der Waals surface area contributed by atoms with Crippen molar-refractivity contribution >= 4 is 28.3 Å². The van der Waals surface area contributed by atoms with E-state index in [0.717, 1.165) is 25.5 Å². The van der Waals surface area contributed by atoms with Crippen LogP contribution in [0.15, 0.2) is 91.0 Å². The van der Waals surface area contributed by atoms with E-state index in [1.165, 1.54) is 74.2 Å². The number of unbranched alkanes of at least 4 members (excludes halogenated alkanes) is 6. The standard InChI is InChI=1S/C31H40IP/c32-33-24-16-5-3-1-2-4-15-23-31(25-28-17-9-6-10-18-28,26-29-19-11-7-12-20-29)27-30-21-13-8-14-22-30/h6-14,17-22,33H,1-5,15-16,23-27H2. The molecule has 0 nitrogen and oxygen atoms in total. The Bertz CT molecular complexity index is 762. The fourth-order valence-electron chi connectivity index (χ4n) is 5.11. The third-order valence-electron chi connectivity index (χ3n) is 6.74. The molecule has 0 saturated heterocycles. The Balaban J connectivity index is 1.69. The lowest BCUT2D eigenvalue weighted by molar-refractivity contribution is 0.243. The van der Waals surface area contributed by atoms with Crippen LogP contribution in [0, 0.1) is 5.41 Å². The summed E-state index contributed by atoms with van der Waals surface area (Å²) in [7, 11) is 0. The van der Waals surface area contributed by atoms with Crippen molar-refractivity contribution in [2.24, 2.45) is 5.41 Å². The highest BCUT2D eigenvalue weighted by Crippen LogP contribution is 2.37. The molecular formula is C31H40IP. The van der Waals surface area contributed by atoms with Gasteiger partial charge in [-0.1, -0.05) is 158 Å². The van der Waals surface area contributed by atoms with Gasteiger partial charge >= 0.3 is 0 Å². The average Bonchev–Trinajstić information content (AvgIpc) is 2.85. The second-order valence-corrected chi connectivity index (χ2v) is 12.7. The van der Waals surface area contributed by atoms with Crippen LogP contribution in [0.3, 0.4) is 0 Å². The van der Waals surface area contributed by atoms with Crippen LogP contribution in [0.5, 0.6) is 0 Å². The van der Waals surface area contributed by atoms with Crippen LogP contribution < -0.4 is 0 Å². The largest absolute Gasteiger partial charge is 0.0622 e. The minimum atomic E-state index is 0.255. The summed E-state index contributed by atoms with van der Waals surface area (Å²) in [5, 5.41) is 0. The monoisotopic (exact) mass is 570 g/mol. The number of rotatable bonds is 16. The van der Waals surface area contributed by atoms with Gasteiger partial charge in [0, 0.05) is 0 Å². The van der Waals surface area contributed by atoms with Crippen LogP contribution >= 0.6 is 28.3 Å². The molecule has 0 fully saturated rings. The highest BCUT2D eigenvalue weighted by molar-refractivity contribution is 14.2. The summed E-state index contributed by atoms with van der Waals surface area (Å²) in [6, 6.07) is 33.5. The minimum absolute atomic E-state index is 0.255. The predicted octanol–water partition coefficient (Wildman–Crippen LogP) is 9.85. The Morgan fingerprint density at radius 1 is 0.485 bits per heavy atom. The van der Waals surface area contributed by atoms with Crippen molar-refractivity contribution in [3.8, 4) is 0 Å². The van der Waals surface area contributed by atoms with Crippen molar-refractivity contribution in [1.82, 2.24) is 0 Å². The maximum atomic E-state index is 2.53. The summed E-state index contributed by atoms with van der Waals surface area (Å²) in [5.74, 6) is 0. The number of hydrogen-bond acceptors (Lipinski definition) is 0. The van der Waals surface area contributed by atoms with E-state index in [4.69, 9.17) is 0 Å². The fraction of sp³-hybridized carbons (Fsp3) is 0.419. The maximum absolute atomic E-state index is 2.53. The van der Waals surface area contributed by atoms with Crippen LogP contribution in [0.2, 0.25) is 0 Å². The zero-order valence-electron chi connectivity index (χ0n) is 20.0. The van der Waals surface area contributed by atoms with E-state index in [0.29, 0.717) is 0 Å². The van der Waals surface area contributed by atoms with Gasteiger partial charge in [0.05, 0.1) is 0 Å². The van der Waals surface area contributed by atoms with E-state index in [-0.39, 0.29) is 5.41 Å². The SMILES string of the molecule is IPCCCCCCCCCC(Cc1ccccc1)(Cc1ccccc1)Cc1ccccc1. The molecule has 3 rings (SSSR count). The van der Waals surface area contributed by atoms with Gasteiger partial charge in [-0.3, -0.25) is 0 Å². The summed E-state index contributed by atoms with van der Waals surface area (Å²) < 4.78 is 0. The van der Waals surface area contributed by atoms with Crippen LogP contribution in [0.1, 0.15) is 68.1 Å². The molecule has 2 heteroatoms. The van der Waals surface area contributed by atoms with Crippen LogP contribution in [-0.4, -0.2) is 6.16 Å². The molecule has 1 atom stereocenters. The molecule has 0 spiro atoms. The third kappa shape index (κ3) is 10.3. The Labute approximate surface area is 217 Å². The van der Waals surface area contributed by atoms with Crippen molar-refractivity contribution in [2.45, 2.75) is 70.6 Å². The molecule has 0 saturated carbocycles. The number of halogens is 1. The third-order valence-corrected chi connectivity index (χ3v) is 8.90. The Kier molecular flexibility index (Phi) is 12.5. The maximum Gasteiger partial charge on any atom is -0.0176 e. The first-order chi connectivity index (χ1) is 16.3. The molecule has 3 aromatic rings. The van der Waals surface area contributed by atoms with E-state index in [2.05, 4.69) is 113 Å². The number of hydrogen-bond donors (Lipinski definition) is 0. The van der Waals surface area contributed by atoms with Crippen molar-refractivity contribution in [1.29, 1.82) is 0 Å². The lowest BCUT2D eigenvalue weighted by Gasteiger charge is -2.35. The molecule has 0 radical (unpaired) electrons. The zero-order chi connectivity index (χ0) is 23.0. The molecule has 3 aromatic carbocycles. The van der Waals surface area contributed by atoms with Gasteiger partial charge in [-0.05, 0) is 60.4 Å². The van der Waals surface area contributed by atoms with Gasteiger partial charge in [0.2, 0.25) is 0 Å². The zero-order valence-corrected chi connectivity index (χ0v) is 23.2. The topological polar surface area (TPSA) is 0 Å². The van der Waals surface area contributed by atoms with Crippen LogP contribution in [-0.2, 0) is 19.3 Å². The molecule has 0 N–H and O–H groups in total. The van der Waals surface area contributed by atoms with Gasteiger partial charge in [0.25, 0.3) is 0 Å². The smallest absolute Gasteiger partial charge is 0.0176 e. The molecule has 0 heterocycles. The summed E-state index contributed by atoms with van der Waals surface area (Å²) in [6.45, 7) is 0. The molecule has 0 aliphatic rings. The molecular weight excluding hydrogens is 530 g/mol. The highest BCUT2D eigenvalue weighted by Gasteiger charge is 2.30. The Morgan fingerprint density at radius 3 is 1.24 bits per heavy atom. The molecule has 0 bridgehead atoms. The van der Waals surface area contributed by atoms with Crippen LogP contribution in [0.4, 0.5) is 0 Å². The quantitative estimate of drug-likeness (QED) is 0.0914. The molecule has 33 heavy (non-hydrogen) atoms. The molecule has 0 aromatic heterocycles. The van der Waals surface area contributed by atoms with Crippen molar-refractivity contribution in [3.05, 3.63) is 108 Å². The Morgan fingerprint density at radius 2 is 0.848 bits per heavy atom. The van der Waals surface area contributed by atoms with Gasteiger partial charge in [-0.25, -0.2) is 0 Å². The normalized spacial score (nSPS) is 11.9. The first kappa shape index (κ1) is 26.4. The van der Waals surface area contributed by atoms with Crippen molar-refractivity contribution in [3.63, 3.8) is 0 Å². The van der Waals surface area contributed by atoms with E-state index in [1.54, 1.807) is 0 Å². The molecule has 1 unspecified atom stereocenters. The lowest BCUT2D eigenvalue weighted by Crippen LogP contribution is -2.30.